The molecule has 0 radical (unpaired) electrons. The summed E-state index contributed by atoms with van der Waals surface area (Å²) in [5.41, 5.74) is 2.65. The van der Waals surface area contributed by atoms with Gasteiger partial charge in [0.05, 0.1) is 11.1 Å². The predicted octanol–water partition coefficient (Wildman–Crippen LogP) is 5.90. The number of fused-ring (bicyclic) bond motifs is 1. The summed E-state index contributed by atoms with van der Waals surface area (Å²) in [5, 5.41) is 0.930. The van der Waals surface area contributed by atoms with Gasteiger partial charge in [-0.3, -0.25) is 9.78 Å². The second kappa shape index (κ2) is 7.61. The summed E-state index contributed by atoms with van der Waals surface area (Å²) in [4.78, 5) is 16.8. The maximum atomic E-state index is 13.9. The quantitative estimate of drug-likeness (QED) is 0.410. The minimum atomic E-state index is -0.486. The first-order valence-corrected chi connectivity index (χ1v) is 9.00. The van der Waals surface area contributed by atoms with Gasteiger partial charge in [-0.2, -0.15) is 0 Å². The largest absolute Gasteiger partial charge is 0.457 e. The summed E-state index contributed by atoms with van der Waals surface area (Å²) in [6, 6.07) is 21.4. The van der Waals surface area contributed by atoms with Crippen LogP contribution in [0.15, 0.2) is 79.0 Å². The number of halogens is 1. The summed E-state index contributed by atoms with van der Waals surface area (Å²) in [6.45, 7) is 1.84. The Balaban J connectivity index is 1.51. The van der Waals surface area contributed by atoms with E-state index >= 15 is 0 Å². The maximum absolute atomic E-state index is 13.9. The van der Waals surface area contributed by atoms with Crippen LogP contribution in [0, 0.1) is 12.7 Å². The Kier molecular flexibility index (Phi) is 4.85. The molecular weight excluding hydrogens is 353 g/mol. The van der Waals surface area contributed by atoms with E-state index in [2.05, 4.69) is 4.98 Å². The molecule has 4 heteroatoms. The van der Waals surface area contributed by atoms with Gasteiger partial charge in [0.1, 0.15) is 17.3 Å². The van der Waals surface area contributed by atoms with Crippen molar-refractivity contribution in [2.24, 2.45) is 0 Å². The molecule has 28 heavy (non-hydrogen) atoms. The van der Waals surface area contributed by atoms with Gasteiger partial charge in [-0.25, -0.2) is 4.39 Å². The highest BCUT2D eigenvalue weighted by Crippen LogP contribution is 2.28. The van der Waals surface area contributed by atoms with Gasteiger partial charge in [0.2, 0.25) is 0 Å². The number of hydrogen-bond acceptors (Lipinski definition) is 3. The molecule has 0 saturated heterocycles. The highest BCUT2D eigenvalue weighted by Gasteiger charge is 2.13. The van der Waals surface area contributed by atoms with Crippen LogP contribution in [0.25, 0.3) is 10.9 Å². The number of hydrogen-bond donors (Lipinski definition) is 0. The van der Waals surface area contributed by atoms with E-state index in [1.165, 1.54) is 6.07 Å². The number of para-hydroxylation sites is 1. The Hall–Kier alpha value is -3.53. The van der Waals surface area contributed by atoms with E-state index in [4.69, 9.17) is 4.74 Å². The molecule has 4 rings (SSSR count). The maximum Gasteiger partial charge on any atom is 0.170 e. The highest BCUT2D eigenvalue weighted by atomic mass is 19.1. The van der Waals surface area contributed by atoms with Gasteiger partial charge in [-0.05, 0) is 55.0 Å². The molecule has 0 saturated carbocycles. The molecule has 0 bridgehead atoms. The molecule has 1 heterocycles. The second-order valence-electron chi connectivity index (χ2n) is 6.66. The molecular formula is C24H18FNO2. The lowest BCUT2D eigenvalue weighted by Gasteiger charge is -2.09. The first kappa shape index (κ1) is 17.9. The lowest BCUT2D eigenvalue weighted by atomic mass is 10.0. The van der Waals surface area contributed by atoms with Crippen LogP contribution in [0.5, 0.6) is 11.5 Å². The molecule has 0 atom stereocenters. The first-order chi connectivity index (χ1) is 13.6. The molecule has 0 aliphatic carbocycles. The van der Waals surface area contributed by atoms with Crippen molar-refractivity contribution in [3.8, 4) is 11.5 Å². The fourth-order valence-corrected chi connectivity index (χ4v) is 3.09. The smallest absolute Gasteiger partial charge is 0.170 e. The number of ketones is 1. The van der Waals surface area contributed by atoms with E-state index in [0.717, 1.165) is 27.8 Å². The molecule has 4 aromatic rings. The second-order valence-corrected chi connectivity index (χ2v) is 6.66. The third-order valence-electron chi connectivity index (χ3n) is 4.55. The van der Waals surface area contributed by atoms with Crippen LogP contribution < -0.4 is 4.74 Å². The molecule has 0 aliphatic heterocycles. The zero-order chi connectivity index (χ0) is 19.5. The van der Waals surface area contributed by atoms with Crippen LogP contribution in [0.3, 0.4) is 0 Å². The van der Waals surface area contributed by atoms with Crippen LogP contribution in [0.1, 0.15) is 21.5 Å². The van der Waals surface area contributed by atoms with E-state index in [1.54, 1.807) is 18.3 Å². The van der Waals surface area contributed by atoms with Gasteiger partial charge in [0.25, 0.3) is 0 Å². The monoisotopic (exact) mass is 371 g/mol. The number of nitrogens with zero attached hydrogens (tertiary/aromatic N) is 1. The van der Waals surface area contributed by atoms with Crippen LogP contribution in [0.4, 0.5) is 4.39 Å². The number of aromatic nitrogens is 1. The van der Waals surface area contributed by atoms with Gasteiger partial charge in [-0.15, -0.1) is 0 Å². The van der Waals surface area contributed by atoms with E-state index in [0.29, 0.717) is 5.75 Å². The fraction of sp³-hybridized carbons (Fsp3) is 0.0833. The number of carbonyl (C=O) groups is 1. The zero-order valence-electron chi connectivity index (χ0n) is 15.4. The standard InChI is InChI=1S/C24H18FNO2/c1-16-6-11-21(25)20(14-16)23(27)15-17-7-9-18(10-8-17)28-24-12-13-26-22-5-3-2-4-19(22)24/h2-14H,15H2,1H3. The van der Waals surface area contributed by atoms with Crippen LogP contribution in [-0.4, -0.2) is 10.8 Å². The van der Waals surface area contributed by atoms with Crippen molar-refractivity contribution in [2.75, 3.05) is 0 Å². The molecule has 0 amide bonds. The lowest BCUT2D eigenvalue weighted by Crippen LogP contribution is -2.06. The summed E-state index contributed by atoms with van der Waals surface area (Å²) in [6.07, 6.45) is 1.85. The third kappa shape index (κ3) is 3.76. The average molecular weight is 371 g/mol. The number of rotatable bonds is 5. The van der Waals surface area contributed by atoms with Crippen molar-refractivity contribution in [3.05, 3.63) is 102 Å². The number of benzene rings is 3. The predicted molar refractivity (Wildman–Crippen MR) is 107 cm³/mol. The summed E-state index contributed by atoms with van der Waals surface area (Å²) in [5.74, 6) is 0.653. The summed E-state index contributed by atoms with van der Waals surface area (Å²) >= 11 is 0. The van der Waals surface area contributed by atoms with Gasteiger partial charge < -0.3 is 4.74 Å². The van der Waals surface area contributed by atoms with E-state index in [9.17, 15) is 9.18 Å². The van der Waals surface area contributed by atoms with Gasteiger partial charge in [0.15, 0.2) is 5.78 Å². The number of carbonyl (C=O) groups excluding carboxylic acids is 1. The molecule has 138 valence electrons. The Morgan fingerprint density at radius 3 is 2.61 bits per heavy atom. The molecule has 0 aliphatic rings. The number of Topliss-reactive ketones (excluding diaryl/α,β-unsaturated/α-hetero) is 1. The Bertz CT molecular complexity index is 1150. The first-order valence-electron chi connectivity index (χ1n) is 9.00. The van der Waals surface area contributed by atoms with E-state index in [1.807, 2.05) is 61.5 Å². The Morgan fingerprint density at radius 1 is 1.00 bits per heavy atom. The van der Waals surface area contributed by atoms with Gasteiger partial charge >= 0.3 is 0 Å². The van der Waals surface area contributed by atoms with Crippen molar-refractivity contribution in [2.45, 2.75) is 13.3 Å². The number of ether oxygens (including phenoxy) is 1. The van der Waals surface area contributed by atoms with Crippen molar-refractivity contribution >= 4 is 16.7 Å². The van der Waals surface area contributed by atoms with E-state index in [-0.39, 0.29) is 17.8 Å². The van der Waals surface area contributed by atoms with Crippen molar-refractivity contribution in [3.63, 3.8) is 0 Å². The zero-order valence-corrected chi connectivity index (χ0v) is 15.4. The van der Waals surface area contributed by atoms with Crippen LogP contribution >= 0.6 is 0 Å². The summed E-state index contributed by atoms with van der Waals surface area (Å²) < 4.78 is 19.9. The van der Waals surface area contributed by atoms with Crippen LogP contribution in [0.2, 0.25) is 0 Å². The van der Waals surface area contributed by atoms with Crippen molar-refractivity contribution in [1.29, 1.82) is 0 Å². The van der Waals surface area contributed by atoms with Gasteiger partial charge in [0, 0.05) is 18.0 Å². The molecule has 0 fully saturated rings. The number of aryl methyl sites for hydroxylation is 1. The minimum absolute atomic E-state index is 0.128. The van der Waals surface area contributed by atoms with Crippen molar-refractivity contribution < 1.29 is 13.9 Å². The van der Waals surface area contributed by atoms with Crippen molar-refractivity contribution in [1.82, 2.24) is 4.98 Å². The summed E-state index contributed by atoms with van der Waals surface area (Å²) in [7, 11) is 0. The lowest BCUT2D eigenvalue weighted by molar-refractivity contribution is 0.0989. The molecule has 1 aromatic heterocycles. The highest BCUT2D eigenvalue weighted by molar-refractivity contribution is 5.98. The van der Waals surface area contributed by atoms with Crippen LogP contribution in [-0.2, 0) is 6.42 Å². The fourth-order valence-electron chi connectivity index (χ4n) is 3.09. The molecule has 0 spiro atoms. The molecule has 3 aromatic carbocycles. The molecule has 3 nitrogen and oxygen atoms in total. The topological polar surface area (TPSA) is 39.2 Å². The third-order valence-corrected chi connectivity index (χ3v) is 4.55. The molecule has 0 unspecified atom stereocenters. The minimum Gasteiger partial charge on any atom is -0.457 e. The normalized spacial score (nSPS) is 10.8. The van der Waals surface area contributed by atoms with E-state index < -0.39 is 5.82 Å². The Morgan fingerprint density at radius 2 is 1.79 bits per heavy atom. The van der Waals surface area contributed by atoms with Gasteiger partial charge in [-0.1, -0.05) is 35.9 Å². The molecule has 0 N–H and O–H groups in total. The Labute approximate surface area is 162 Å². The number of pyridine rings is 1. The SMILES string of the molecule is Cc1ccc(F)c(C(=O)Cc2ccc(Oc3ccnc4ccccc34)cc2)c1. The average Bonchev–Trinajstić information content (AvgIpc) is 2.71.